The molecule has 1 amide bonds. The Kier molecular flexibility index (Phi) is 4.40. The van der Waals surface area contributed by atoms with Gasteiger partial charge in [-0.25, -0.2) is 9.07 Å². The molecule has 2 aromatic rings. The Balaban J connectivity index is 1.76. The lowest BCUT2D eigenvalue weighted by Crippen LogP contribution is -2.51. The summed E-state index contributed by atoms with van der Waals surface area (Å²) in [5.74, 6) is -0.574. The van der Waals surface area contributed by atoms with Crippen molar-refractivity contribution >= 4 is 11.6 Å². The van der Waals surface area contributed by atoms with Crippen LogP contribution in [0.2, 0.25) is 0 Å². The minimum atomic E-state index is -0.828. The van der Waals surface area contributed by atoms with Crippen molar-refractivity contribution in [2.45, 2.75) is 18.4 Å². The van der Waals surface area contributed by atoms with E-state index in [2.05, 4.69) is 15.7 Å². The van der Waals surface area contributed by atoms with Crippen molar-refractivity contribution in [3.8, 4) is 5.69 Å². The van der Waals surface area contributed by atoms with Crippen LogP contribution in [0.4, 0.5) is 10.1 Å². The van der Waals surface area contributed by atoms with E-state index in [-0.39, 0.29) is 11.7 Å². The predicted octanol–water partition coefficient (Wildman–Crippen LogP) is 1.72. The van der Waals surface area contributed by atoms with E-state index in [1.54, 1.807) is 31.5 Å². The van der Waals surface area contributed by atoms with E-state index in [9.17, 15) is 9.18 Å². The fourth-order valence-corrected chi connectivity index (χ4v) is 2.76. The molecular formula is C16H19FN4O2. The number of nitrogens with one attached hydrogen (secondary N) is 2. The van der Waals surface area contributed by atoms with Crippen LogP contribution >= 0.6 is 0 Å². The van der Waals surface area contributed by atoms with Gasteiger partial charge in [-0.15, -0.1) is 0 Å². The Bertz CT molecular complexity index is 695. The van der Waals surface area contributed by atoms with Crippen LogP contribution in [0.5, 0.6) is 0 Å². The van der Waals surface area contributed by atoms with Crippen molar-refractivity contribution in [3.63, 3.8) is 0 Å². The molecular weight excluding hydrogens is 299 g/mol. The van der Waals surface area contributed by atoms with Crippen LogP contribution in [0.3, 0.4) is 0 Å². The van der Waals surface area contributed by atoms with Crippen LogP contribution in [0.25, 0.3) is 5.69 Å². The number of hydrogen-bond donors (Lipinski definition) is 2. The molecule has 0 aliphatic carbocycles. The maximum absolute atomic E-state index is 13.8. The lowest BCUT2D eigenvalue weighted by Gasteiger charge is -2.34. The second-order valence-corrected chi connectivity index (χ2v) is 5.53. The van der Waals surface area contributed by atoms with Crippen LogP contribution in [0.15, 0.2) is 36.7 Å². The Hall–Kier alpha value is -2.25. The van der Waals surface area contributed by atoms with Crippen LogP contribution in [-0.4, -0.2) is 41.5 Å². The number of para-hydroxylation sites is 1. The number of ether oxygens (including phenoxy) is 1. The summed E-state index contributed by atoms with van der Waals surface area (Å²) >= 11 is 0. The number of carbonyl (C=O) groups is 1. The van der Waals surface area contributed by atoms with Crippen molar-refractivity contribution < 1.29 is 13.9 Å². The third-order valence-electron chi connectivity index (χ3n) is 4.16. The van der Waals surface area contributed by atoms with Gasteiger partial charge in [0.25, 0.3) is 5.91 Å². The fourth-order valence-electron chi connectivity index (χ4n) is 2.76. The smallest absolute Gasteiger partial charge is 0.256 e. The molecule has 2 N–H and O–H groups in total. The molecule has 1 saturated heterocycles. The average Bonchev–Trinajstić information content (AvgIpc) is 3.04. The normalized spacial score (nSPS) is 17.0. The van der Waals surface area contributed by atoms with Gasteiger partial charge >= 0.3 is 0 Å². The quantitative estimate of drug-likeness (QED) is 0.901. The number of halogens is 1. The summed E-state index contributed by atoms with van der Waals surface area (Å²) in [6.07, 6.45) is 4.29. The van der Waals surface area contributed by atoms with Crippen LogP contribution in [0.1, 0.15) is 12.8 Å². The lowest BCUT2D eigenvalue weighted by atomic mass is 9.91. The maximum Gasteiger partial charge on any atom is 0.256 e. The Morgan fingerprint density at radius 2 is 2.13 bits per heavy atom. The number of amides is 1. The second-order valence-electron chi connectivity index (χ2n) is 5.53. The van der Waals surface area contributed by atoms with Crippen molar-refractivity contribution in [1.82, 2.24) is 15.1 Å². The van der Waals surface area contributed by atoms with Crippen molar-refractivity contribution in [1.29, 1.82) is 0 Å². The number of hydrogen-bond acceptors (Lipinski definition) is 4. The van der Waals surface area contributed by atoms with Crippen molar-refractivity contribution in [2.75, 3.05) is 25.5 Å². The van der Waals surface area contributed by atoms with Gasteiger partial charge in [0, 0.05) is 7.11 Å². The standard InChI is InChI=1S/C16H19FN4O2/c1-23-16(6-8-18-9-7-16)15(22)20-12-10-19-21(11-12)14-5-3-2-4-13(14)17/h2-5,10-11,18H,6-9H2,1H3,(H,20,22). The molecule has 23 heavy (non-hydrogen) atoms. The zero-order valence-corrected chi connectivity index (χ0v) is 12.9. The predicted molar refractivity (Wildman–Crippen MR) is 84.0 cm³/mol. The van der Waals surface area contributed by atoms with Gasteiger partial charge < -0.3 is 15.4 Å². The molecule has 0 radical (unpaired) electrons. The van der Waals surface area contributed by atoms with Gasteiger partial charge in [0.2, 0.25) is 0 Å². The third kappa shape index (κ3) is 3.11. The molecule has 2 heterocycles. The lowest BCUT2D eigenvalue weighted by molar-refractivity contribution is -0.140. The van der Waals surface area contributed by atoms with Gasteiger partial charge in [0.15, 0.2) is 0 Å². The zero-order valence-electron chi connectivity index (χ0n) is 12.9. The Morgan fingerprint density at radius 1 is 1.39 bits per heavy atom. The van der Waals surface area contributed by atoms with Gasteiger partial charge in [-0.05, 0) is 38.1 Å². The van der Waals surface area contributed by atoms with Crippen LogP contribution < -0.4 is 10.6 Å². The minimum Gasteiger partial charge on any atom is -0.368 e. The molecule has 1 aromatic heterocycles. The average molecular weight is 318 g/mol. The first-order chi connectivity index (χ1) is 11.1. The third-order valence-corrected chi connectivity index (χ3v) is 4.16. The van der Waals surface area contributed by atoms with E-state index in [1.807, 2.05) is 0 Å². The first-order valence-corrected chi connectivity index (χ1v) is 7.51. The molecule has 1 aliphatic heterocycles. The zero-order chi connectivity index (χ0) is 16.3. The van der Waals surface area contributed by atoms with Crippen LogP contribution in [-0.2, 0) is 9.53 Å². The van der Waals surface area contributed by atoms with E-state index in [0.717, 1.165) is 13.1 Å². The number of nitrogens with zero attached hydrogens (tertiary/aromatic N) is 2. The number of anilines is 1. The monoisotopic (exact) mass is 318 g/mol. The summed E-state index contributed by atoms with van der Waals surface area (Å²) in [6, 6.07) is 6.33. The molecule has 0 saturated carbocycles. The van der Waals surface area contributed by atoms with E-state index >= 15 is 0 Å². The summed E-state index contributed by atoms with van der Waals surface area (Å²) in [5.41, 5.74) is 0.00950. The fraction of sp³-hybridized carbons (Fsp3) is 0.375. The summed E-state index contributed by atoms with van der Waals surface area (Å²) in [6.45, 7) is 1.46. The highest BCUT2D eigenvalue weighted by Gasteiger charge is 2.39. The van der Waals surface area contributed by atoms with Crippen LogP contribution in [0, 0.1) is 5.82 Å². The molecule has 0 spiro atoms. The number of carbonyl (C=O) groups excluding carboxylic acids is 1. The molecule has 122 valence electrons. The van der Waals surface area contributed by atoms with Crippen molar-refractivity contribution in [2.24, 2.45) is 0 Å². The first kappa shape index (κ1) is 15.6. The molecule has 0 bridgehead atoms. The number of rotatable bonds is 4. The van der Waals surface area contributed by atoms with Gasteiger partial charge in [0.05, 0.1) is 18.1 Å². The number of aromatic nitrogens is 2. The first-order valence-electron chi connectivity index (χ1n) is 7.51. The van der Waals surface area contributed by atoms with E-state index in [4.69, 9.17) is 4.74 Å². The van der Waals surface area contributed by atoms with Gasteiger partial charge in [-0.1, -0.05) is 12.1 Å². The molecule has 0 atom stereocenters. The molecule has 1 aliphatic rings. The summed E-state index contributed by atoms with van der Waals surface area (Å²) in [5, 5.41) is 10.1. The molecule has 6 nitrogen and oxygen atoms in total. The maximum atomic E-state index is 13.8. The highest BCUT2D eigenvalue weighted by atomic mass is 19.1. The van der Waals surface area contributed by atoms with Gasteiger partial charge in [-0.3, -0.25) is 4.79 Å². The summed E-state index contributed by atoms with van der Waals surface area (Å²) in [4.78, 5) is 12.6. The number of benzene rings is 1. The molecule has 0 unspecified atom stereocenters. The van der Waals surface area contributed by atoms with E-state index in [0.29, 0.717) is 24.2 Å². The Morgan fingerprint density at radius 3 is 2.83 bits per heavy atom. The largest absolute Gasteiger partial charge is 0.368 e. The molecule has 1 fully saturated rings. The second kappa shape index (κ2) is 6.47. The van der Waals surface area contributed by atoms with Gasteiger partial charge in [-0.2, -0.15) is 5.10 Å². The highest BCUT2D eigenvalue weighted by Crippen LogP contribution is 2.25. The molecule has 3 rings (SSSR count). The topological polar surface area (TPSA) is 68.2 Å². The van der Waals surface area contributed by atoms with E-state index < -0.39 is 5.60 Å². The van der Waals surface area contributed by atoms with E-state index in [1.165, 1.54) is 16.9 Å². The number of methoxy groups -OCH3 is 1. The van der Waals surface area contributed by atoms with Crippen molar-refractivity contribution in [3.05, 3.63) is 42.5 Å². The summed E-state index contributed by atoms with van der Waals surface area (Å²) in [7, 11) is 1.55. The molecule has 7 heteroatoms. The number of piperidine rings is 1. The molecule has 1 aromatic carbocycles. The SMILES string of the molecule is COC1(C(=O)Nc2cnn(-c3ccccc3F)c2)CCNCC1. The minimum absolute atomic E-state index is 0.199. The summed E-state index contributed by atoms with van der Waals surface area (Å²) < 4.78 is 20.7. The Labute approximate surface area is 133 Å². The highest BCUT2D eigenvalue weighted by molar-refractivity contribution is 5.97. The van der Waals surface area contributed by atoms with Gasteiger partial charge in [0.1, 0.15) is 17.1 Å².